The zero-order valence-corrected chi connectivity index (χ0v) is 16.0. The zero-order valence-electron chi connectivity index (χ0n) is 15.2. The number of aryl methyl sites for hydroxylation is 1. The summed E-state index contributed by atoms with van der Waals surface area (Å²) >= 11 is 5.31. The molecule has 0 aliphatic rings. The highest BCUT2D eigenvalue weighted by molar-refractivity contribution is 7.71. The van der Waals surface area contributed by atoms with E-state index in [2.05, 4.69) is 20.5 Å². The van der Waals surface area contributed by atoms with Crippen molar-refractivity contribution in [2.24, 2.45) is 0 Å². The molecule has 0 aliphatic heterocycles. The molecule has 0 aliphatic carbocycles. The second-order valence-corrected chi connectivity index (χ2v) is 6.49. The molecule has 0 bridgehead atoms. The molecule has 0 fully saturated rings. The summed E-state index contributed by atoms with van der Waals surface area (Å²) in [6, 6.07) is 11.7. The van der Waals surface area contributed by atoms with Gasteiger partial charge in [0.25, 0.3) is 0 Å². The van der Waals surface area contributed by atoms with Gasteiger partial charge in [0, 0.05) is 37.3 Å². The first-order chi connectivity index (χ1) is 13.1. The van der Waals surface area contributed by atoms with Gasteiger partial charge in [-0.15, -0.1) is 0 Å². The predicted octanol–water partition coefficient (Wildman–Crippen LogP) is 3.03. The molecule has 2 N–H and O–H groups in total. The maximum Gasteiger partial charge on any atom is 0.222 e. The van der Waals surface area contributed by atoms with E-state index in [1.54, 1.807) is 19.4 Å². The van der Waals surface area contributed by atoms with Crippen molar-refractivity contribution in [1.82, 2.24) is 25.1 Å². The number of hydrogen-bond donors (Lipinski definition) is 2. The van der Waals surface area contributed by atoms with Crippen molar-refractivity contribution in [3.8, 4) is 17.3 Å². The van der Waals surface area contributed by atoms with Crippen molar-refractivity contribution in [2.45, 2.75) is 26.4 Å². The number of aromatic amines is 1. The van der Waals surface area contributed by atoms with Gasteiger partial charge in [-0.25, -0.2) is 4.98 Å². The summed E-state index contributed by atoms with van der Waals surface area (Å²) < 4.78 is 7.36. The summed E-state index contributed by atoms with van der Waals surface area (Å²) in [6.07, 6.45) is 1.98. The van der Waals surface area contributed by atoms with E-state index in [4.69, 9.17) is 17.0 Å². The molecule has 7 nitrogen and oxygen atoms in total. The van der Waals surface area contributed by atoms with Crippen molar-refractivity contribution < 1.29 is 9.53 Å². The Hall–Kier alpha value is -3.00. The SMILES string of the molecule is COc1ccc(CNC(=O)CCn2c(-c3ccc(C)cc3)n[nH]c2=S)cn1. The smallest absolute Gasteiger partial charge is 0.222 e. The minimum absolute atomic E-state index is 0.0659. The first-order valence-corrected chi connectivity index (χ1v) is 8.95. The third-order valence-corrected chi connectivity index (χ3v) is 4.44. The lowest BCUT2D eigenvalue weighted by Gasteiger charge is -2.08. The Morgan fingerprint density at radius 3 is 2.70 bits per heavy atom. The van der Waals surface area contributed by atoms with E-state index >= 15 is 0 Å². The summed E-state index contributed by atoms with van der Waals surface area (Å²) in [7, 11) is 1.57. The van der Waals surface area contributed by atoms with Crippen LogP contribution < -0.4 is 10.1 Å². The normalized spacial score (nSPS) is 10.6. The molecule has 140 valence electrons. The molecule has 0 atom stereocenters. The number of amides is 1. The van der Waals surface area contributed by atoms with Crippen LogP contribution in [0.15, 0.2) is 42.6 Å². The molecule has 0 unspecified atom stereocenters. The van der Waals surface area contributed by atoms with E-state index in [0.29, 0.717) is 30.2 Å². The van der Waals surface area contributed by atoms with Gasteiger partial charge >= 0.3 is 0 Å². The summed E-state index contributed by atoms with van der Waals surface area (Å²) in [5.74, 6) is 1.21. The summed E-state index contributed by atoms with van der Waals surface area (Å²) in [5, 5.41) is 9.99. The molecule has 0 radical (unpaired) electrons. The average molecular weight is 383 g/mol. The van der Waals surface area contributed by atoms with Crippen molar-refractivity contribution in [3.63, 3.8) is 0 Å². The van der Waals surface area contributed by atoms with Gasteiger partial charge in [-0.1, -0.05) is 35.9 Å². The fourth-order valence-corrected chi connectivity index (χ4v) is 2.81. The maximum absolute atomic E-state index is 12.2. The van der Waals surface area contributed by atoms with Crippen LogP contribution >= 0.6 is 12.2 Å². The molecule has 2 heterocycles. The number of hydrogen-bond acceptors (Lipinski definition) is 5. The lowest BCUT2D eigenvalue weighted by atomic mass is 10.1. The molecular weight excluding hydrogens is 362 g/mol. The average Bonchev–Trinajstić information content (AvgIpc) is 3.06. The third-order valence-electron chi connectivity index (χ3n) is 4.13. The van der Waals surface area contributed by atoms with Crippen molar-refractivity contribution in [2.75, 3.05) is 7.11 Å². The van der Waals surface area contributed by atoms with Crippen molar-refractivity contribution in [3.05, 3.63) is 58.5 Å². The number of H-pyrrole nitrogens is 1. The van der Waals surface area contributed by atoms with Crippen molar-refractivity contribution in [1.29, 1.82) is 0 Å². The summed E-state index contributed by atoms with van der Waals surface area (Å²) in [6.45, 7) is 2.90. The third kappa shape index (κ3) is 4.79. The quantitative estimate of drug-likeness (QED) is 0.613. The number of methoxy groups -OCH3 is 1. The molecule has 2 aromatic heterocycles. The molecular formula is C19H21N5O2S. The molecule has 0 saturated heterocycles. The van der Waals surface area contributed by atoms with Gasteiger partial charge in [0.15, 0.2) is 10.6 Å². The van der Waals surface area contributed by atoms with Gasteiger partial charge in [-0.3, -0.25) is 14.5 Å². The van der Waals surface area contributed by atoms with Gasteiger partial charge in [0.05, 0.1) is 7.11 Å². The zero-order chi connectivity index (χ0) is 19.2. The Morgan fingerprint density at radius 2 is 2.04 bits per heavy atom. The van der Waals surface area contributed by atoms with Crippen LogP contribution in [0.5, 0.6) is 5.88 Å². The topological polar surface area (TPSA) is 84.8 Å². The number of rotatable bonds is 7. The van der Waals surface area contributed by atoms with Gasteiger partial charge in [-0.2, -0.15) is 5.10 Å². The van der Waals surface area contributed by atoms with Crippen LogP contribution in [0.1, 0.15) is 17.5 Å². The number of pyridine rings is 1. The van der Waals surface area contributed by atoms with E-state index in [0.717, 1.165) is 17.0 Å². The van der Waals surface area contributed by atoms with Crippen LogP contribution in [0, 0.1) is 11.7 Å². The molecule has 0 spiro atoms. The van der Waals surface area contributed by atoms with E-state index < -0.39 is 0 Å². The minimum atomic E-state index is -0.0659. The van der Waals surface area contributed by atoms with Crippen LogP contribution in [0.4, 0.5) is 0 Å². The van der Waals surface area contributed by atoms with E-state index in [9.17, 15) is 4.79 Å². The van der Waals surface area contributed by atoms with Gasteiger partial charge in [0.1, 0.15) is 0 Å². The first-order valence-electron chi connectivity index (χ1n) is 8.54. The second kappa shape index (κ2) is 8.59. The first kappa shape index (κ1) is 18.8. The number of benzene rings is 1. The summed E-state index contributed by atoms with van der Waals surface area (Å²) in [5.41, 5.74) is 3.04. The largest absolute Gasteiger partial charge is 0.481 e. The van der Waals surface area contributed by atoms with Crippen molar-refractivity contribution >= 4 is 18.1 Å². The molecule has 1 amide bonds. The number of ether oxygens (including phenoxy) is 1. The fourth-order valence-electron chi connectivity index (χ4n) is 2.59. The Bertz CT molecular complexity index is 961. The van der Waals surface area contributed by atoms with Gasteiger partial charge in [-0.05, 0) is 24.7 Å². The molecule has 0 saturated carbocycles. The molecule has 1 aromatic carbocycles. The monoisotopic (exact) mass is 383 g/mol. The van der Waals surface area contributed by atoms with E-state index in [1.165, 1.54) is 5.56 Å². The highest BCUT2D eigenvalue weighted by atomic mass is 32.1. The minimum Gasteiger partial charge on any atom is -0.481 e. The molecule has 27 heavy (non-hydrogen) atoms. The fraction of sp³-hybridized carbons (Fsp3) is 0.263. The molecule has 3 aromatic rings. The number of nitrogens with zero attached hydrogens (tertiary/aromatic N) is 3. The van der Waals surface area contributed by atoms with Crippen LogP contribution in [0.3, 0.4) is 0 Å². The number of aromatic nitrogens is 4. The Balaban J connectivity index is 1.59. The highest BCUT2D eigenvalue weighted by Crippen LogP contribution is 2.18. The van der Waals surface area contributed by atoms with Gasteiger partial charge < -0.3 is 10.1 Å². The Labute approximate surface area is 162 Å². The van der Waals surface area contributed by atoms with Crippen LogP contribution in [-0.4, -0.2) is 32.8 Å². The van der Waals surface area contributed by atoms with E-state index in [1.807, 2.05) is 41.8 Å². The van der Waals surface area contributed by atoms with E-state index in [-0.39, 0.29) is 5.91 Å². The molecule has 8 heteroatoms. The molecule has 3 rings (SSSR count). The Morgan fingerprint density at radius 1 is 1.26 bits per heavy atom. The summed E-state index contributed by atoms with van der Waals surface area (Å²) in [4.78, 5) is 16.3. The lowest BCUT2D eigenvalue weighted by molar-refractivity contribution is -0.121. The number of carbonyl (C=O) groups excluding carboxylic acids is 1. The van der Waals surface area contributed by atoms with Crippen LogP contribution in [-0.2, 0) is 17.9 Å². The Kier molecular flexibility index (Phi) is 5.97. The second-order valence-electron chi connectivity index (χ2n) is 6.11. The maximum atomic E-state index is 12.2. The van der Waals surface area contributed by atoms with Crippen LogP contribution in [0.25, 0.3) is 11.4 Å². The lowest BCUT2D eigenvalue weighted by Crippen LogP contribution is -2.24. The standard InChI is InChI=1S/C19H21N5O2S/c1-13-3-6-15(7-4-13)18-22-23-19(27)24(18)10-9-16(25)20-11-14-5-8-17(26-2)21-12-14/h3-8,12H,9-11H2,1-2H3,(H,20,25)(H,23,27). The van der Waals surface area contributed by atoms with Crippen LogP contribution in [0.2, 0.25) is 0 Å². The predicted molar refractivity (Wildman–Crippen MR) is 105 cm³/mol. The highest BCUT2D eigenvalue weighted by Gasteiger charge is 2.10. The van der Waals surface area contributed by atoms with Gasteiger partial charge in [0.2, 0.25) is 11.8 Å². The number of carbonyl (C=O) groups is 1. The number of nitrogens with one attached hydrogen (secondary N) is 2.